The molecule has 12 heteroatoms. The van der Waals surface area contributed by atoms with E-state index in [4.69, 9.17) is 0 Å². The molecule has 0 bridgehead atoms. The Balaban J connectivity index is 1.39. The Bertz CT molecular complexity index is 1760. The van der Waals surface area contributed by atoms with Crippen molar-refractivity contribution in [1.82, 2.24) is 29.2 Å². The lowest BCUT2D eigenvalue weighted by molar-refractivity contribution is -0.127. The highest BCUT2D eigenvalue weighted by molar-refractivity contribution is 7.89. The topological polar surface area (TPSA) is 122 Å². The number of sulfonamides is 1. The molecule has 11 nitrogen and oxygen atoms in total. The van der Waals surface area contributed by atoms with E-state index in [9.17, 15) is 18.0 Å². The summed E-state index contributed by atoms with van der Waals surface area (Å²) in [7, 11) is -1.86. The van der Waals surface area contributed by atoms with Crippen LogP contribution in [0.4, 0.5) is 5.69 Å². The largest absolute Gasteiger partial charge is 0.352 e. The molecule has 2 amide bonds. The normalized spacial score (nSPS) is 18.9. The van der Waals surface area contributed by atoms with Crippen LogP contribution >= 0.6 is 0 Å². The van der Waals surface area contributed by atoms with Crippen LogP contribution in [0.3, 0.4) is 0 Å². The van der Waals surface area contributed by atoms with Gasteiger partial charge in [0.25, 0.3) is 0 Å². The number of para-hydroxylation sites is 1. The third-order valence-electron chi connectivity index (χ3n) is 9.07. The number of aromatic nitrogens is 4. The summed E-state index contributed by atoms with van der Waals surface area (Å²) in [6, 6.07) is 16.4. The van der Waals surface area contributed by atoms with Gasteiger partial charge in [0.1, 0.15) is 12.1 Å². The summed E-state index contributed by atoms with van der Waals surface area (Å²) in [4.78, 5) is 30.2. The molecule has 2 fully saturated rings. The van der Waals surface area contributed by atoms with Crippen molar-refractivity contribution < 1.29 is 18.0 Å². The molecule has 3 heterocycles. The molecule has 238 valence electrons. The van der Waals surface area contributed by atoms with Gasteiger partial charge in [-0.25, -0.2) is 13.1 Å². The van der Waals surface area contributed by atoms with Crippen molar-refractivity contribution in [2.45, 2.75) is 75.4 Å². The highest BCUT2D eigenvalue weighted by atomic mass is 32.2. The van der Waals surface area contributed by atoms with Crippen molar-refractivity contribution in [3.63, 3.8) is 0 Å². The van der Waals surface area contributed by atoms with E-state index in [1.54, 1.807) is 16.4 Å². The van der Waals surface area contributed by atoms with Gasteiger partial charge in [-0.15, -0.1) is 5.10 Å². The van der Waals surface area contributed by atoms with Gasteiger partial charge in [-0.1, -0.05) is 43.5 Å². The summed E-state index contributed by atoms with van der Waals surface area (Å²) in [5.41, 5.74) is 2.41. The van der Waals surface area contributed by atoms with E-state index in [0.29, 0.717) is 41.4 Å². The van der Waals surface area contributed by atoms with E-state index < -0.39 is 16.1 Å². The predicted octanol–water partition coefficient (Wildman–Crippen LogP) is 4.41. The summed E-state index contributed by atoms with van der Waals surface area (Å²) in [6.45, 7) is 2.87. The van der Waals surface area contributed by atoms with Crippen LogP contribution < -0.4 is 10.2 Å². The molecule has 2 aromatic heterocycles. The summed E-state index contributed by atoms with van der Waals surface area (Å²) in [6.07, 6.45) is 8.72. The Labute approximate surface area is 264 Å². The number of hydrogen-bond donors (Lipinski definition) is 1. The number of aryl methyl sites for hydroxylation is 1. The first-order valence-corrected chi connectivity index (χ1v) is 17.3. The van der Waals surface area contributed by atoms with Crippen LogP contribution in [0, 0.1) is 5.92 Å². The molecule has 1 N–H and O–H groups in total. The zero-order valence-corrected chi connectivity index (χ0v) is 26.7. The number of carbonyl (C=O) groups is 2. The molecule has 2 atom stereocenters. The van der Waals surface area contributed by atoms with Crippen molar-refractivity contribution in [1.29, 1.82) is 0 Å². The molecular formula is C33H41N7O4S. The average Bonchev–Trinajstić information content (AvgIpc) is 3.66. The van der Waals surface area contributed by atoms with E-state index in [-0.39, 0.29) is 29.3 Å². The highest BCUT2D eigenvalue weighted by Crippen LogP contribution is 2.32. The van der Waals surface area contributed by atoms with Crippen molar-refractivity contribution >= 4 is 38.6 Å². The highest BCUT2D eigenvalue weighted by Gasteiger charge is 2.36. The van der Waals surface area contributed by atoms with Gasteiger partial charge in [0, 0.05) is 38.1 Å². The standard InChI is InChI=1S/C33H41N7O4S/c1-24-10-8-21-38(22-24)45(43,44)27-18-16-26(17-19-27)40(31(41)23-39-29-14-7-6-13-28(29)35-36-39)32(30-15-9-20-37(30)2)33(42)34-25-11-4-3-5-12-25/h6-7,9,13-20,24-25,32H,3-5,8,10-12,21-23H2,1-2H3,(H,34,42)/t24-,32+/m0/s1. The number of piperidine rings is 1. The number of nitrogens with one attached hydrogen (secondary N) is 1. The van der Waals surface area contributed by atoms with Gasteiger partial charge in [0.15, 0.2) is 6.04 Å². The summed E-state index contributed by atoms with van der Waals surface area (Å²) in [5.74, 6) is -0.363. The Hall–Kier alpha value is -4.03. The first-order valence-electron chi connectivity index (χ1n) is 15.8. The Morgan fingerprint density at radius 2 is 1.73 bits per heavy atom. The zero-order valence-electron chi connectivity index (χ0n) is 25.9. The van der Waals surface area contributed by atoms with Gasteiger partial charge in [0.05, 0.1) is 16.1 Å². The minimum absolute atomic E-state index is 0.0321. The number of benzene rings is 2. The molecule has 2 aromatic carbocycles. The summed E-state index contributed by atoms with van der Waals surface area (Å²) in [5, 5.41) is 11.7. The molecular weight excluding hydrogens is 590 g/mol. The summed E-state index contributed by atoms with van der Waals surface area (Å²) >= 11 is 0. The van der Waals surface area contributed by atoms with Gasteiger partial charge >= 0.3 is 0 Å². The van der Waals surface area contributed by atoms with Crippen molar-refractivity contribution in [3.8, 4) is 0 Å². The molecule has 1 aliphatic heterocycles. The molecule has 0 radical (unpaired) electrons. The maximum Gasteiger partial charge on any atom is 0.249 e. The molecule has 6 rings (SSSR count). The van der Waals surface area contributed by atoms with E-state index in [1.165, 1.54) is 21.7 Å². The van der Waals surface area contributed by atoms with Gasteiger partial charge in [-0.3, -0.25) is 14.5 Å². The van der Waals surface area contributed by atoms with Crippen molar-refractivity contribution in [2.75, 3.05) is 18.0 Å². The maximum absolute atomic E-state index is 14.4. The van der Waals surface area contributed by atoms with E-state index in [1.807, 2.05) is 54.2 Å². The zero-order chi connectivity index (χ0) is 31.6. The number of carbonyl (C=O) groups excluding carboxylic acids is 2. The monoisotopic (exact) mass is 631 g/mol. The fraction of sp³-hybridized carbons (Fsp3) is 0.455. The van der Waals surface area contributed by atoms with E-state index >= 15 is 0 Å². The van der Waals surface area contributed by atoms with Crippen LogP contribution in [0.5, 0.6) is 0 Å². The van der Waals surface area contributed by atoms with Crippen LogP contribution in [-0.4, -0.2) is 63.2 Å². The molecule has 45 heavy (non-hydrogen) atoms. The number of rotatable bonds is 9. The minimum atomic E-state index is -3.70. The molecule has 4 aromatic rings. The lowest BCUT2D eigenvalue weighted by atomic mass is 9.95. The number of anilines is 1. The average molecular weight is 632 g/mol. The number of hydrogen-bond acceptors (Lipinski definition) is 6. The Morgan fingerprint density at radius 3 is 2.44 bits per heavy atom. The van der Waals surface area contributed by atoms with Crippen molar-refractivity contribution in [2.24, 2.45) is 13.0 Å². The minimum Gasteiger partial charge on any atom is -0.352 e. The number of fused-ring (bicyclic) bond motifs is 1. The third kappa shape index (κ3) is 6.53. The SMILES string of the molecule is C[C@H]1CCCN(S(=O)(=O)c2ccc(N(C(=O)Cn3nnc4ccccc43)[C@@H](C(=O)NC3CCCCC3)c3cccn3C)cc2)C1. The summed E-state index contributed by atoms with van der Waals surface area (Å²) < 4.78 is 32.0. The Kier molecular flexibility index (Phi) is 9.04. The van der Waals surface area contributed by atoms with Crippen molar-refractivity contribution in [3.05, 3.63) is 72.6 Å². The van der Waals surface area contributed by atoms with E-state index in [0.717, 1.165) is 44.9 Å². The predicted molar refractivity (Wildman–Crippen MR) is 172 cm³/mol. The molecule has 1 saturated carbocycles. The molecule has 2 aliphatic rings. The van der Waals surface area contributed by atoms with Crippen LogP contribution in [0.25, 0.3) is 11.0 Å². The fourth-order valence-electron chi connectivity index (χ4n) is 6.64. The van der Waals surface area contributed by atoms with Gasteiger partial charge in [-0.05, 0) is 80.1 Å². The lowest BCUT2D eigenvalue weighted by Crippen LogP contribution is -2.48. The molecule has 1 aliphatic carbocycles. The van der Waals surface area contributed by atoms with Gasteiger partial charge in [0.2, 0.25) is 21.8 Å². The lowest BCUT2D eigenvalue weighted by Gasteiger charge is -2.34. The molecule has 0 spiro atoms. The molecule has 0 unspecified atom stereocenters. The van der Waals surface area contributed by atoms with E-state index in [2.05, 4.69) is 22.6 Å². The second-order valence-corrected chi connectivity index (χ2v) is 14.3. The van der Waals surface area contributed by atoms with Crippen LogP contribution in [0.1, 0.15) is 63.6 Å². The van der Waals surface area contributed by atoms with Gasteiger partial charge in [-0.2, -0.15) is 4.31 Å². The Morgan fingerprint density at radius 1 is 0.978 bits per heavy atom. The first kappa shape index (κ1) is 31.0. The third-order valence-corrected chi connectivity index (χ3v) is 10.9. The number of nitrogens with zero attached hydrogens (tertiary/aromatic N) is 6. The van der Waals surface area contributed by atoms with Gasteiger partial charge < -0.3 is 9.88 Å². The second-order valence-electron chi connectivity index (χ2n) is 12.4. The maximum atomic E-state index is 14.4. The fourth-order valence-corrected chi connectivity index (χ4v) is 8.24. The second kappa shape index (κ2) is 13.1. The van der Waals surface area contributed by atoms with Crippen LogP contribution in [0.15, 0.2) is 71.8 Å². The van der Waals surface area contributed by atoms with Crippen LogP contribution in [0.2, 0.25) is 0 Å². The number of amides is 2. The quantitative estimate of drug-likeness (QED) is 0.292. The smallest absolute Gasteiger partial charge is 0.249 e. The molecule has 1 saturated heterocycles. The first-order chi connectivity index (χ1) is 21.7. The van der Waals surface area contributed by atoms with Crippen LogP contribution in [-0.2, 0) is 33.2 Å².